The van der Waals surface area contributed by atoms with Crippen LogP contribution in [-0.4, -0.2) is 24.9 Å². The normalized spacial score (nSPS) is 12.3. The number of amides is 1. The summed E-state index contributed by atoms with van der Waals surface area (Å²) in [5.74, 6) is 2.95. The molecule has 1 heterocycles. The number of hydrogen-bond acceptors (Lipinski definition) is 5. The third-order valence-electron chi connectivity index (χ3n) is 4.02. The molecule has 142 valence electrons. The van der Waals surface area contributed by atoms with Crippen LogP contribution in [0, 0.1) is 0 Å². The zero-order valence-corrected chi connectivity index (χ0v) is 15.9. The minimum atomic E-state index is -0.107. The average molecular weight is 393 g/mol. The van der Waals surface area contributed by atoms with Crippen molar-refractivity contribution in [2.45, 2.75) is 4.90 Å². The molecule has 6 heteroatoms. The highest BCUT2D eigenvalue weighted by Crippen LogP contribution is 2.34. The van der Waals surface area contributed by atoms with Gasteiger partial charge in [0.05, 0.1) is 11.4 Å². The quantitative estimate of drug-likeness (QED) is 0.599. The molecule has 0 atom stereocenters. The van der Waals surface area contributed by atoms with Crippen LogP contribution in [0.5, 0.6) is 23.0 Å². The molecular weight excluding hydrogens is 374 g/mol. The first-order valence-electron chi connectivity index (χ1n) is 8.92. The topological polar surface area (TPSA) is 56.8 Å². The molecule has 0 fully saturated rings. The number of nitrogens with one attached hydrogen (secondary N) is 1. The molecule has 0 saturated heterocycles. The highest BCUT2D eigenvalue weighted by atomic mass is 32.2. The van der Waals surface area contributed by atoms with E-state index < -0.39 is 0 Å². The number of anilines is 1. The number of hydrogen-bond donors (Lipinski definition) is 1. The third-order valence-corrected chi connectivity index (χ3v) is 5.01. The Morgan fingerprint density at radius 3 is 2.54 bits per heavy atom. The van der Waals surface area contributed by atoms with Gasteiger partial charge in [-0.25, -0.2) is 0 Å². The molecule has 0 spiro atoms. The molecule has 0 saturated carbocycles. The number of para-hydroxylation sites is 3. The van der Waals surface area contributed by atoms with Gasteiger partial charge in [-0.2, -0.15) is 0 Å². The van der Waals surface area contributed by atoms with E-state index in [-0.39, 0.29) is 11.7 Å². The molecule has 0 radical (unpaired) electrons. The van der Waals surface area contributed by atoms with Gasteiger partial charge in [0.1, 0.15) is 19.0 Å². The summed E-state index contributed by atoms with van der Waals surface area (Å²) in [5.41, 5.74) is 0.638. The number of carbonyl (C=O) groups excluding carboxylic acids is 1. The lowest BCUT2D eigenvalue weighted by Crippen LogP contribution is -2.15. The Labute approximate surface area is 167 Å². The Balaban J connectivity index is 1.38. The second kappa shape index (κ2) is 8.71. The summed E-state index contributed by atoms with van der Waals surface area (Å²) in [6.07, 6.45) is 0. The van der Waals surface area contributed by atoms with Crippen molar-refractivity contribution in [1.82, 2.24) is 0 Å². The zero-order chi connectivity index (χ0) is 19.2. The minimum Gasteiger partial charge on any atom is -0.486 e. The van der Waals surface area contributed by atoms with Crippen LogP contribution in [0.25, 0.3) is 0 Å². The van der Waals surface area contributed by atoms with Crippen molar-refractivity contribution < 1.29 is 19.0 Å². The van der Waals surface area contributed by atoms with Crippen molar-refractivity contribution in [2.24, 2.45) is 0 Å². The van der Waals surface area contributed by atoms with Crippen LogP contribution in [0.3, 0.4) is 0 Å². The minimum absolute atomic E-state index is 0.107. The molecule has 5 nitrogen and oxygen atoms in total. The van der Waals surface area contributed by atoms with Crippen molar-refractivity contribution in [3.8, 4) is 23.0 Å². The maximum Gasteiger partial charge on any atom is 0.234 e. The Kier molecular flexibility index (Phi) is 5.68. The monoisotopic (exact) mass is 393 g/mol. The van der Waals surface area contributed by atoms with E-state index in [9.17, 15) is 4.79 Å². The van der Waals surface area contributed by atoms with E-state index in [4.69, 9.17) is 14.2 Å². The number of carbonyl (C=O) groups is 1. The lowest BCUT2D eigenvalue weighted by atomic mass is 10.3. The van der Waals surface area contributed by atoms with Crippen LogP contribution < -0.4 is 19.5 Å². The van der Waals surface area contributed by atoms with Crippen LogP contribution in [0.4, 0.5) is 5.69 Å². The summed E-state index contributed by atoms with van der Waals surface area (Å²) in [6.45, 7) is 1.10. The van der Waals surface area contributed by atoms with E-state index in [0.29, 0.717) is 24.7 Å². The molecule has 0 unspecified atom stereocenters. The fraction of sp³-hybridized carbons (Fsp3) is 0.136. The number of benzene rings is 3. The molecular formula is C22H19NO4S. The molecule has 1 aliphatic heterocycles. The second-order valence-corrected chi connectivity index (χ2v) is 7.10. The molecule has 3 aromatic rings. The predicted molar refractivity (Wildman–Crippen MR) is 110 cm³/mol. The Morgan fingerprint density at radius 2 is 1.68 bits per heavy atom. The Bertz CT molecular complexity index is 962. The van der Waals surface area contributed by atoms with E-state index in [1.807, 2.05) is 72.8 Å². The molecule has 1 aliphatic rings. The SMILES string of the molecule is O=C(CSc1ccc2c(c1)OCCO2)Nc1ccccc1Oc1ccccc1. The lowest BCUT2D eigenvalue weighted by Gasteiger charge is -2.18. The maximum atomic E-state index is 12.4. The molecule has 4 rings (SSSR count). The summed E-state index contributed by atoms with van der Waals surface area (Å²) >= 11 is 1.44. The third kappa shape index (κ3) is 4.58. The molecule has 1 amide bonds. The standard InChI is InChI=1S/C22H19NO4S/c24-22(15-28-17-10-11-20-21(14-17)26-13-12-25-20)23-18-8-4-5-9-19(18)27-16-6-2-1-3-7-16/h1-11,14H,12-13,15H2,(H,23,24). The van der Waals surface area contributed by atoms with E-state index >= 15 is 0 Å². The second-order valence-electron chi connectivity index (χ2n) is 6.05. The van der Waals surface area contributed by atoms with Crippen molar-refractivity contribution in [3.63, 3.8) is 0 Å². The number of rotatable bonds is 6. The van der Waals surface area contributed by atoms with E-state index in [0.717, 1.165) is 22.1 Å². The number of ether oxygens (including phenoxy) is 3. The van der Waals surface area contributed by atoms with Crippen LogP contribution in [0.1, 0.15) is 0 Å². The van der Waals surface area contributed by atoms with E-state index in [1.165, 1.54) is 11.8 Å². The van der Waals surface area contributed by atoms with Crippen molar-refractivity contribution in [3.05, 3.63) is 72.8 Å². The van der Waals surface area contributed by atoms with Gasteiger partial charge in [0.15, 0.2) is 17.2 Å². The van der Waals surface area contributed by atoms with Gasteiger partial charge in [0, 0.05) is 4.90 Å². The zero-order valence-electron chi connectivity index (χ0n) is 15.1. The summed E-state index contributed by atoms with van der Waals surface area (Å²) in [4.78, 5) is 13.4. The summed E-state index contributed by atoms with van der Waals surface area (Å²) in [6, 6.07) is 22.6. The molecule has 0 aliphatic carbocycles. The highest BCUT2D eigenvalue weighted by molar-refractivity contribution is 8.00. The Hall–Kier alpha value is -3.12. The average Bonchev–Trinajstić information content (AvgIpc) is 2.74. The largest absolute Gasteiger partial charge is 0.486 e. The van der Waals surface area contributed by atoms with E-state index in [1.54, 1.807) is 0 Å². The summed E-state index contributed by atoms with van der Waals surface area (Å²) < 4.78 is 17.0. The summed E-state index contributed by atoms with van der Waals surface area (Å²) in [7, 11) is 0. The van der Waals surface area contributed by atoms with Crippen molar-refractivity contribution >= 4 is 23.4 Å². The van der Waals surface area contributed by atoms with Gasteiger partial charge in [-0.1, -0.05) is 30.3 Å². The Morgan fingerprint density at radius 1 is 0.929 bits per heavy atom. The first-order valence-corrected chi connectivity index (χ1v) is 9.91. The van der Waals surface area contributed by atoms with Crippen molar-refractivity contribution in [1.29, 1.82) is 0 Å². The first kappa shape index (κ1) is 18.3. The van der Waals surface area contributed by atoms with Gasteiger partial charge in [-0.05, 0) is 42.5 Å². The fourth-order valence-electron chi connectivity index (χ4n) is 2.72. The van der Waals surface area contributed by atoms with Gasteiger partial charge >= 0.3 is 0 Å². The van der Waals surface area contributed by atoms with Gasteiger partial charge in [-0.3, -0.25) is 4.79 Å². The van der Waals surface area contributed by atoms with Crippen LogP contribution in [0.15, 0.2) is 77.7 Å². The number of thioether (sulfide) groups is 1. The van der Waals surface area contributed by atoms with E-state index in [2.05, 4.69) is 5.32 Å². The van der Waals surface area contributed by atoms with Gasteiger partial charge in [-0.15, -0.1) is 11.8 Å². The molecule has 0 bridgehead atoms. The first-order chi connectivity index (χ1) is 13.8. The van der Waals surface area contributed by atoms with Crippen LogP contribution in [0.2, 0.25) is 0 Å². The smallest absolute Gasteiger partial charge is 0.234 e. The van der Waals surface area contributed by atoms with Crippen LogP contribution >= 0.6 is 11.8 Å². The maximum absolute atomic E-state index is 12.4. The van der Waals surface area contributed by atoms with Crippen LogP contribution in [-0.2, 0) is 4.79 Å². The number of fused-ring (bicyclic) bond motifs is 1. The lowest BCUT2D eigenvalue weighted by molar-refractivity contribution is -0.113. The van der Waals surface area contributed by atoms with Gasteiger partial charge in [0.2, 0.25) is 5.91 Å². The van der Waals surface area contributed by atoms with Crippen molar-refractivity contribution in [2.75, 3.05) is 24.3 Å². The fourth-order valence-corrected chi connectivity index (χ4v) is 3.45. The highest BCUT2D eigenvalue weighted by Gasteiger charge is 2.13. The molecule has 28 heavy (non-hydrogen) atoms. The molecule has 3 aromatic carbocycles. The van der Waals surface area contributed by atoms with Gasteiger partial charge in [0.25, 0.3) is 0 Å². The molecule has 1 N–H and O–H groups in total. The summed E-state index contributed by atoms with van der Waals surface area (Å²) in [5, 5.41) is 2.92. The predicted octanol–water partition coefficient (Wildman–Crippen LogP) is 4.98. The molecule has 0 aromatic heterocycles. The van der Waals surface area contributed by atoms with Gasteiger partial charge < -0.3 is 19.5 Å².